The number of piperazine rings is 1. The number of rotatable bonds is 1. The molecule has 3 saturated heterocycles. The van der Waals surface area contributed by atoms with Crippen LogP contribution < -0.4 is 4.90 Å². The third-order valence-corrected chi connectivity index (χ3v) is 10.9. The van der Waals surface area contributed by atoms with Crippen molar-refractivity contribution in [2.75, 3.05) is 12.0 Å². The zero-order valence-electron chi connectivity index (χ0n) is 24.5. The van der Waals surface area contributed by atoms with Gasteiger partial charge in [-0.2, -0.15) is 0 Å². The molecule has 42 heavy (non-hydrogen) atoms. The van der Waals surface area contributed by atoms with E-state index in [4.69, 9.17) is 4.74 Å². The van der Waals surface area contributed by atoms with Crippen molar-refractivity contribution in [2.24, 2.45) is 5.92 Å². The quantitative estimate of drug-likeness (QED) is 0.416. The number of anilines is 1. The molecular formula is C33H34N4O5. The van der Waals surface area contributed by atoms with Gasteiger partial charge in [0.2, 0.25) is 0 Å². The summed E-state index contributed by atoms with van der Waals surface area (Å²) in [7, 11) is 1.37. The van der Waals surface area contributed by atoms with Crippen LogP contribution in [0.1, 0.15) is 51.4 Å². The molecule has 9 heteroatoms. The second-order valence-electron chi connectivity index (χ2n) is 13.4. The van der Waals surface area contributed by atoms with Crippen LogP contribution in [0.25, 0.3) is 17.0 Å². The largest absolute Gasteiger partial charge is 0.378 e. The molecule has 2 aromatic carbocycles. The number of aromatic amines is 1. The van der Waals surface area contributed by atoms with E-state index >= 15 is 0 Å². The molecule has 5 aliphatic heterocycles. The van der Waals surface area contributed by atoms with Crippen molar-refractivity contribution in [1.29, 1.82) is 0 Å². The Bertz CT molecular complexity index is 1820. The molecule has 9 nitrogen and oxygen atoms in total. The molecular weight excluding hydrogens is 532 g/mol. The van der Waals surface area contributed by atoms with Crippen LogP contribution in [-0.2, 0) is 25.3 Å². The van der Waals surface area contributed by atoms with E-state index in [9.17, 15) is 19.8 Å². The molecule has 0 saturated carbocycles. The van der Waals surface area contributed by atoms with Crippen LogP contribution in [-0.4, -0.2) is 67.0 Å². The number of nitrogens with one attached hydrogen (secondary N) is 1. The molecule has 3 N–H and O–H groups in total. The number of aromatic nitrogens is 1. The minimum absolute atomic E-state index is 0.101. The number of allylic oxidation sites excluding steroid dienone is 1. The lowest BCUT2D eigenvalue weighted by Gasteiger charge is -2.70. The Hall–Kier alpha value is -3.92. The minimum Gasteiger partial charge on any atom is -0.378 e. The van der Waals surface area contributed by atoms with Gasteiger partial charge in [-0.25, -0.2) is 0 Å². The zero-order chi connectivity index (χ0) is 29.8. The van der Waals surface area contributed by atoms with Gasteiger partial charge in [0, 0.05) is 63.6 Å². The van der Waals surface area contributed by atoms with Gasteiger partial charge in [0.05, 0.1) is 0 Å². The molecule has 216 valence electrons. The van der Waals surface area contributed by atoms with Gasteiger partial charge in [-0.1, -0.05) is 63.2 Å². The Morgan fingerprint density at radius 2 is 1.64 bits per heavy atom. The number of para-hydroxylation sites is 2. The number of aliphatic hydroxyl groups is 2. The number of ether oxygens (including phenoxy) is 1. The second kappa shape index (κ2) is 7.34. The van der Waals surface area contributed by atoms with Crippen molar-refractivity contribution < 1.29 is 24.5 Å². The summed E-state index contributed by atoms with van der Waals surface area (Å²) in [5.74, 6) is -1.66. The number of methoxy groups -OCH3 is 1. The molecule has 0 radical (unpaired) electrons. The predicted molar refractivity (Wildman–Crippen MR) is 157 cm³/mol. The minimum atomic E-state index is -2.48. The van der Waals surface area contributed by atoms with E-state index in [1.807, 2.05) is 88.1 Å². The van der Waals surface area contributed by atoms with Gasteiger partial charge in [-0.05, 0) is 32.1 Å². The highest BCUT2D eigenvalue weighted by atomic mass is 16.5. The average molecular weight is 567 g/mol. The van der Waals surface area contributed by atoms with E-state index in [1.54, 1.807) is 18.3 Å². The highest BCUT2D eigenvalue weighted by Gasteiger charge is 2.91. The lowest BCUT2D eigenvalue weighted by Crippen LogP contribution is -2.87. The van der Waals surface area contributed by atoms with Gasteiger partial charge in [0.1, 0.15) is 5.70 Å². The molecule has 1 aromatic heterocycles. The van der Waals surface area contributed by atoms with Crippen LogP contribution in [0.5, 0.6) is 0 Å². The highest BCUT2D eigenvalue weighted by Crippen LogP contribution is 2.74. The van der Waals surface area contributed by atoms with Gasteiger partial charge < -0.3 is 24.8 Å². The molecule has 3 fully saturated rings. The SMILES string of the molecule is COC1[C@]2(O)C(=O)N3/C=C\C(C)(C)c4[nH]c5ccccc5c4/C=C\3C(=O)N2C23C(C)C(C)(C)N2c2ccccc2[C@]13O. The lowest BCUT2D eigenvalue weighted by atomic mass is 9.61. The molecule has 0 aliphatic carbocycles. The van der Waals surface area contributed by atoms with E-state index in [0.717, 1.165) is 27.8 Å². The van der Waals surface area contributed by atoms with Gasteiger partial charge in [0.15, 0.2) is 17.4 Å². The number of carbonyl (C=O) groups excluding carboxylic acids is 2. The molecule has 2 amide bonds. The lowest BCUT2D eigenvalue weighted by molar-refractivity contribution is -0.213. The number of hydrogen-bond donors (Lipinski definition) is 3. The van der Waals surface area contributed by atoms with Gasteiger partial charge in [-0.15, -0.1) is 0 Å². The summed E-state index contributed by atoms with van der Waals surface area (Å²) in [6.07, 6.45) is 3.72. The number of hydrogen-bond acceptors (Lipinski definition) is 6. The van der Waals surface area contributed by atoms with Gasteiger partial charge in [0.25, 0.3) is 17.5 Å². The van der Waals surface area contributed by atoms with E-state index in [2.05, 4.69) is 4.98 Å². The van der Waals surface area contributed by atoms with E-state index in [-0.39, 0.29) is 11.6 Å². The maximum Gasteiger partial charge on any atom is 0.287 e. The molecule has 6 heterocycles. The number of amides is 2. The summed E-state index contributed by atoms with van der Waals surface area (Å²) in [6.45, 7) is 10.1. The monoisotopic (exact) mass is 566 g/mol. The van der Waals surface area contributed by atoms with Crippen LogP contribution in [0.3, 0.4) is 0 Å². The summed E-state index contributed by atoms with van der Waals surface area (Å²) >= 11 is 0. The topological polar surface area (TPSA) is 109 Å². The number of fused-ring (bicyclic) bond motifs is 8. The third kappa shape index (κ3) is 2.36. The van der Waals surface area contributed by atoms with E-state index in [1.165, 1.54) is 16.9 Å². The van der Waals surface area contributed by atoms with Crippen molar-refractivity contribution in [3.63, 3.8) is 0 Å². The first kappa shape index (κ1) is 25.8. The fourth-order valence-electron chi connectivity index (χ4n) is 8.84. The Labute approximate surface area is 243 Å². The van der Waals surface area contributed by atoms with Crippen molar-refractivity contribution in [3.8, 4) is 0 Å². The van der Waals surface area contributed by atoms with Crippen LogP contribution >= 0.6 is 0 Å². The molecule has 5 aliphatic rings. The third-order valence-electron chi connectivity index (χ3n) is 10.9. The first-order valence-electron chi connectivity index (χ1n) is 14.4. The summed E-state index contributed by atoms with van der Waals surface area (Å²) in [5, 5.41) is 26.4. The van der Waals surface area contributed by atoms with Crippen molar-refractivity contribution in [3.05, 3.63) is 83.3 Å². The van der Waals surface area contributed by atoms with Crippen molar-refractivity contribution in [1.82, 2.24) is 14.8 Å². The number of benzene rings is 2. The molecule has 5 atom stereocenters. The van der Waals surface area contributed by atoms with Crippen LogP contribution in [0.2, 0.25) is 0 Å². The fraction of sp³-hybridized carbons (Fsp3) is 0.394. The smallest absolute Gasteiger partial charge is 0.287 e. The summed E-state index contributed by atoms with van der Waals surface area (Å²) < 4.78 is 5.90. The average Bonchev–Trinajstić information content (AvgIpc) is 3.49. The maximum atomic E-state index is 15.0. The first-order valence-corrected chi connectivity index (χ1v) is 14.4. The van der Waals surface area contributed by atoms with Crippen LogP contribution in [0.15, 0.2) is 66.5 Å². The Morgan fingerprint density at radius 1 is 0.952 bits per heavy atom. The first-order chi connectivity index (χ1) is 19.8. The Balaban J connectivity index is 1.44. The maximum absolute atomic E-state index is 15.0. The van der Waals surface area contributed by atoms with Gasteiger partial charge >= 0.3 is 0 Å². The van der Waals surface area contributed by atoms with Crippen molar-refractivity contribution in [2.45, 2.75) is 68.7 Å². The van der Waals surface area contributed by atoms with E-state index in [0.29, 0.717) is 5.56 Å². The van der Waals surface area contributed by atoms with Gasteiger partial charge in [-0.3, -0.25) is 19.4 Å². The molecule has 3 aromatic rings. The van der Waals surface area contributed by atoms with Crippen molar-refractivity contribution >= 4 is 34.5 Å². The second-order valence-corrected chi connectivity index (χ2v) is 13.4. The normalized spacial score (nSPS) is 37.0. The standard InChI is InChI=1S/C33H34N4O5/c1-18-30(4,5)36-23-14-10-8-12-21(23)31(40)27(42-6)32(41)28(39)35-16-15-29(2,3)25-20(19-11-7-9-13-22(19)34-25)17-24(35)26(38)37(32)33(18,31)36/h7-18,27,34,40-41H,1-6H3/b16-15-,24-17-/t18?,27?,31-,32-,33?/m0/s1. The molecule has 3 unspecified atom stereocenters. The predicted octanol–water partition coefficient (Wildman–Crippen LogP) is 3.53. The number of nitrogens with zero attached hydrogens (tertiary/aromatic N) is 3. The number of carbonyl (C=O) groups is 2. The Kier molecular flexibility index (Phi) is 4.50. The molecule has 1 spiro atoms. The summed E-state index contributed by atoms with van der Waals surface area (Å²) in [6, 6.07) is 15.3. The highest BCUT2D eigenvalue weighted by molar-refractivity contribution is 6.12. The zero-order valence-corrected chi connectivity index (χ0v) is 24.5. The summed E-state index contributed by atoms with van der Waals surface area (Å²) in [5.41, 5.74) is -2.89. The van der Waals surface area contributed by atoms with Crippen LogP contribution in [0, 0.1) is 5.92 Å². The Morgan fingerprint density at radius 3 is 2.38 bits per heavy atom. The molecule has 0 bridgehead atoms. The number of H-pyrrole nitrogens is 1. The summed E-state index contributed by atoms with van der Waals surface area (Å²) in [4.78, 5) is 37.7. The van der Waals surface area contributed by atoms with Crippen LogP contribution in [0.4, 0.5) is 5.69 Å². The van der Waals surface area contributed by atoms with E-state index < -0.39 is 45.9 Å². The molecule has 8 rings (SSSR count). The fourth-order valence-corrected chi connectivity index (χ4v) is 8.84.